The van der Waals surface area contributed by atoms with Gasteiger partial charge in [-0.05, 0) is 52.9 Å². The average molecular weight is 427 g/mol. The van der Waals surface area contributed by atoms with Gasteiger partial charge < -0.3 is 20.1 Å². The maximum atomic E-state index is 10.8. The molecule has 1 heterocycles. The molecule has 5 rings (SSSR count). The Balaban J connectivity index is 1.35. The molecule has 0 fully saturated rings. The third-order valence-electron chi connectivity index (χ3n) is 5.57. The van der Waals surface area contributed by atoms with E-state index in [4.69, 9.17) is 9.47 Å². The van der Waals surface area contributed by atoms with Crippen LogP contribution in [0, 0.1) is 10.1 Å². The number of benzene rings is 4. The van der Waals surface area contributed by atoms with Crippen molar-refractivity contribution in [3.8, 4) is 11.5 Å². The van der Waals surface area contributed by atoms with Crippen LogP contribution >= 0.6 is 0 Å². The van der Waals surface area contributed by atoms with Gasteiger partial charge in [0.25, 0.3) is 5.69 Å². The number of non-ortho nitro benzene ring substituents is 1. The van der Waals surface area contributed by atoms with E-state index in [1.165, 1.54) is 22.9 Å². The zero-order valence-electron chi connectivity index (χ0n) is 17.4. The van der Waals surface area contributed by atoms with Crippen LogP contribution in [-0.2, 0) is 6.61 Å². The van der Waals surface area contributed by atoms with E-state index in [0.717, 1.165) is 22.5 Å². The molecule has 1 aliphatic heterocycles. The number of methoxy groups -OCH3 is 1. The molecule has 0 radical (unpaired) electrons. The van der Waals surface area contributed by atoms with E-state index in [9.17, 15) is 10.1 Å². The SMILES string of the molecule is COc1cc(C2Nc3cccc4cccc(c34)N2)ccc1OCc1ccc([N+](=O)[O-])cc1. The number of nitro benzene ring substituents is 1. The van der Waals surface area contributed by atoms with Gasteiger partial charge in [0, 0.05) is 28.9 Å². The molecule has 0 spiro atoms. The van der Waals surface area contributed by atoms with E-state index in [2.05, 4.69) is 34.9 Å². The summed E-state index contributed by atoms with van der Waals surface area (Å²) in [6.07, 6.45) is -0.117. The summed E-state index contributed by atoms with van der Waals surface area (Å²) in [6, 6.07) is 24.6. The smallest absolute Gasteiger partial charge is 0.269 e. The van der Waals surface area contributed by atoms with Crippen molar-refractivity contribution < 1.29 is 14.4 Å². The second-order valence-corrected chi connectivity index (χ2v) is 7.55. The minimum atomic E-state index is -0.418. The fraction of sp³-hybridized carbons (Fsp3) is 0.120. The highest BCUT2D eigenvalue weighted by Crippen LogP contribution is 2.40. The van der Waals surface area contributed by atoms with Crippen molar-refractivity contribution in [2.75, 3.05) is 17.7 Å². The van der Waals surface area contributed by atoms with Crippen LogP contribution in [0.25, 0.3) is 10.8 Å². The molecule has 0 atom stereocenters. The summed E-state index contributed by atoms with van der Waals surface area (Å²) >= 11 is 0. The lowest BCUT2D eigenvalue weighted by atomic mass is 10.0. The number of nitrogens with zero attached hydrogens (tertiary/aromatic N) is 1. The van der Waals surface area contributed by atoms with Gasteiger partial charge in [0.2, 0.25) is 0 Å². The van der Waals surface area contributed by atoms with Gasteiger partial charge in [0.05, 0.1) is 12.0 Å². The van der Waals surface area contributed by atoms with Crippen LogP contribution in [0.1, 0.15) is 17.3 Å². The van der Waals surface area contributed by atoms with E-state index in [-0.39, 0.29) is 18.5 Å². The number of nitro groups is 1. The number of hydrogen-bond donors (Lipinski definition) is 2. The average Bonchev–Trinajstić information content (AvgIpc) is 2.83. The third kappa shape index (κ3) is 3.65. The zero-order chi connectivity index (χ0) is 22.1. The summed E-state index contributed by atoms with van der Waals surface area (Å²) in [5.74, 6) is 1.22. The molecule has 2 N–H and O–H groups in total. The highest BCUT2D eigenvalue weighted by molar-refractivity contribution is 6.04. The quantitative estimate of drug-likeness (QED) is 0.296. The fourth-order valence-corrected chi connectivity index (χ4v) is 3.95. The van der Waals surface area contributed by atoms with Gasteiger partial charge in [-0.2, -0.15) is 0 Å². The predicted octanol–water partition coefficient (Wildman–Crippen LogP) is 5.87. The second-order valence-electron chi connectivity index (χ2n) is 7.55. The zero-order valence-corrected chi connectivity index (χ0v) is 17.4. The van der Waals surface area contributed by atoms with Crippen LogP contribution < -0.4 is 20.1 Å². The Bertz CT molecular complexity index is 1260. The first kappa shape index (κ1) is 19.7. The second kappa shape index (κ2) is 8.11. The molecule has 7 nitrogen and oxygen atoms in total. The third-order valence-corrected chi connectivity index (χ3v) is 5.57. The molecule has 0 bridgehead atoms. The summed E-state index contributed by atoms with van der Waals surface area (Å²) in [5.41, 5.74) is 4.07. The lowest BCUT2D eigenvalue weighted by Gasteiger charge is -2.30. The van der Waals surface area contributed by atoms with Crippen molar-refractivity contribution >= 4 is 27.8 Å². The van der Waals surface area contributed by atoms with Gasteiger partial charge in [-0.15, -0.1) is 0 Å². The summed E-state index contributed by atoms with van der Waals surface area (Å²) in [5, 5.41) is 20.3. The molecular formula is C25H21N3O4. The maximum absolute atomic E-state index is 10.8. The minimum absolute atomic E-state index is 0.0560. The van der Waals surface area contributed by atoms with Gasteiger partial charge in [0.15, 0.2) is 11.5 Å². The molecule has 1 aliphatic rings. The number of hydrogen-bond acceptors (Lipinski definition) is 6. The van der Waals surface area contributed by atoms with E-state index in [0.29, 0.717) is 11.5 Å². The number of ether oxygens (including phenoxy) is 2. The van der Waals surface area contributed by atoms with Gasteiger partial charge in [0.1, 0.15) is 12.8 Å². The molecule has 0 saturated carbocycles. The molecule has 0 saturated heterocycles. The van der Waals surface area contributed by atoms with Crippen LogP contribution in [0.4, 0.5) is 17.1 Å². The van der Waals surface area contributed by atoms with Crippen molar-refractivity contribution in [3.63, 3.8) is 0 Å². The monoisotopic (exact) mass is 427 g/mol. The van der Waals surface area contributed by atoms with E-state index in [1.807, 2.05) is 30.3 Å². The van der Waals surface area contributed by atoms with Crippen LogP contribution in [0.5, 0.6) is 11.5 Å². The molecule has 4 aromatic rings. The summed E-state index contributed by atoms with van der Waals surface area (Å²) in [7, 11) is 1.61. The summed E-state index contributed by atoms with van der Waals surface area (Å²) in [6.45, 7) is 0.281. The Morgan fingerprint density at radius 2 is 1.59 bits per heavy atom. The summed E-state index contributed by atoms with van der Waals surface area (Å²) < 4.78 is 11.5. The lowest BCUT2D eigenvalue weighted by molar-refractivity contribution is -0.384. The van der Waals surface area contributed by atoms with Crippen LogP contribution in [0.3, 0.4) is 0 Å². The number of rotatable bonds is 6. The topological polar surface area (TPSA) is 85.7 Å². The highest BCUT2D eigenvalue weighted by atomic mass is 16.6. The Morgan fingerprint density at radius 1 is 0.906 bits per heavy atom. The molecular weight excluding hydrogens is 406 g/mol. The molecule has 7 heteroatoms. The van der Waals surface area contributed by atoms with Crippen molar-refractivity contribution in [2.24, 2.45) is 0 Å². The van der Waals surface area contributed by atoms with Gasteiger partial charge in [-0.25, -0.2) is 0 Å². The van der Waals surface area contributed by atoms with Crippen molar-refractivity contribution in [1.29, 1.82) is 0 Å². The Hall–Kier alpha value is -4.26. The first-order chi connectivity index (χ1) is 15.6. The molecule has 0 aliphatic carbocycles. The van der Waals surface area contributed by atoms with E-state index >= 15 is 0 Å². The van der Waals surface area contributed by atoms with E-state index < -0.39 is 4.92 Å². The number of nitrogens with one attached hydrogen (secondary N) is 2. The van der Waals surface area contributed by atoms with E-state index in [1.54, 1.807) is 19.2 Å². The Labute approximate surface area is 184 Å². The Kier molecular flexibility index (Phi) is 4.99. The molecule has 32 heavy (non-hydrogen) atoms. The molecule has 0 aromatic heterocycles. The van der Waals surface area contributed by atoms with Crippen molar-refractivity contribution in [1.82, 2.24) is 0 Å². The number of anilines is 2. The lowest BCUT2D eigenvalue weighted by Crippen LogP contribution is -2.23. The van der Waals surface area contributed by atoms with Gasteiger partial charge in [-0.1, -0.05) is 30.3 Å². The van der Waals surface area contributed by atoms with Gasteiger partial charge in [-0.3, -0.25) is 10.1 Å². The van der Waals surface area contributed by atoms with Crippen molar-refractivity contribution in [2.45, 2.75) is 12.8 Å². The standard InChI is InChI=1S/C25H21N3O4/c1-31-23-14-18(10-13-22(23)32-15-16-8-11-19(12-9-16)28(29)30)25-26-20-6-2-4-17-5-3-7-21(27-25)24(17)20/h2-14,25-27H,15H2,1H3. The molecule has 0 unspecified atom stereocenters. The first-order valence-corrected chi connectivity index (χ1v) is 10.2. The predicted molar refractivity (Wildman–Crippen MR) is 124 cm³/mol. The van der Waals surface area contributed by atoms with Crippen LogP contribution in [0.2, 0.25) is 0 Å². The normalized spacial score (nSPS) is 12.7. The van der Waals surface area contributed by atoms with Crippen LogP contribution in [-0.4, -0.2) is 12.0 Å². The van der Waals surface area contributed by atoms with Crippen molar-refractivity contribution in [3.05, 3.63) is 100 Å². The fourth-order valence-electron chi connectivity index (χ4n) is 3.95. The van der Waals surface area contributed by atoms with Gasteiger partial charge >= 0.3 is 0 Å². The minimum Gasteiger partial charge on any atom is -0.493 e. The summed E-state index contributed by atoms with van der Waals surface area (Å²) in [4.78, 5) is 10.4. The van der Waals surface area contributed by atoms with Crippen LogP contribution in [0.15, 0.2) is 78.9 Å². The molecule has 0 amide bonds. The highest BCUT2D eigenvalue weighted by Gasteiger charge is 2.21. The maximum Gasteiger partial charge on any atom is 0.269 e. The molecule has 160 valence electrons. The Morgan fingerprint density at radius 3 is 2.22 bits per heavy atom. The molecule has 4 aromatic carbocycles. The first-order valence-electron chi connectivity index (χ1n) is 10.2. The largest absolute Gasteiger partial charge is 0.493 e.